The summed E-state index contributed by atoms with van der Waals surface area (Å²) in [5.74, 6) is -1.11. The highest BCUT2D eigenvalue weighted by Gasteiger charge is 2.09. The van der Waals surface area contributed by atoms with E-state index in [-0.39, 0.29) is 18.4 Å². The molecule has 0 saturated heterocycles. The van der Waals surface area contributed by atoms with Crippen LogP contribution >= 0.6 is 0 Å². The highest BCUT2D eigenvalue weighted by molar-refractivity contribution is 5.96. The summed E-state index contributed by atoms with van der Waals surface area (Å²) in [5.41, 5.74) is 7.81. The number of primary amides is 1. The van der Waals surface area contributed by atoms with Gasteiger partial charge in [-0.1, -0.05) is 30.3 Å². The van der Waals surface area contributed by atoms with Gasteiger partial charge >= 0.3 is 0 Å². The Morgan fingerprint density at radius 2 is 1.58 bits per heavy atom. The molecule has 2 aromatic rings. The number of hydrogen-bond acceptors (Lipinski definition) is 3. The Morgan fingerprint density at radius 1 is 0.917 bits per heavy atom. The summed E-state index contributed by atoms with van der Waals surface area (Å²) < 4.78 is 0. The van der Waals surface area contributed by atoms with Crippen molar-refractivity contribution in [2.45, 2.75) is 13.5 Å². The monoisotopic (exact) mass is 325 g/mol. The number of rotatable bonds is 6. The van der Waals surface area contributed by atoms with Crippen molar-refractivity contribution >= 4 is 17.7 Å². The number of benzene rings is 2. The minimum absolute atomic E-state index is 0.142. The zero-order chi connectivity index (χ0) is 17.5. The quantitative estimate of drug-likeness (QED) is 0.742. The molecule has 0 aliphatic rings. The first-order chi connectivity index (χ1) is 11.5. The lowest BCUT2D eigenvalue weighted by molar-refractivity contribution is -0.117. The van der Waals surface area contributed by atoms with Crippen molar-refractivity contribution in [1.29, 1.82) is 0 Å². The van der Waals surface area contributed by atoms with Crippen LogP contribution in [0.4, 0.5) is 0 Å². The van der Waals surface area contributed by atoms with Crippen LogP contribution in [0.1, 0.15) is 31.8 Å². The molecule has 0 saturated carbocycles. The number of aryl methyl sites for hydroxylation is 1. The Balaban J connectivity index is 1.92. The first-order valence-electron chi connectivity index (χ1n) is 7.46. The predicted octanol–water partition coefficient (Wildman–Crippen LogP) is 1.14. The summed E-state index contributed by atoms with van der Waals surface area (Å²) in [6, 6.07) is 14.1. The van der Waals surface area contributed by atoms with Crippen LogP contribution in [0, 0.1) is 6.92 Å². The lowest BCUT2D eigenvalue weighted by Gasteiger charge is -2.08. The minimum Gasteiger partial charge on any atom is -0.368 e. The molecular weight excluding hydrogens is 306 g/mol. The van der Waals surface area contributed by atoms with E-state index < -0.39 is 5.91 Å². The first-order valence-corrected chi connectivity index (χ1v) is 7.46. The minimum atomic E-state index is -0.598. The smallest absolute Gasteiger partial charge is 0.251 e. The normalized spacial score (nSPS) is 10.0. The van der Waals surface area contributed by atoms with Crippen LogP contribution in [0.5, 0.6) is 0 Å². The van der Waals surface area contributed by atoms with Gasteiger partial charge in [-0.3, -0.25) is 14.4 Å². The second-order valence-electron chi connectivity index (χ2n) is 5.34. The summed E-state index contributed by atoms with van der Waals surface area (Å²) in [7, 11) is 0. The van der Waals surface area contributed by atoms with Gasteiger partial charge in [-0.05, 0) is 36.2 Å². The van der Waals surface area contributed by atoms with Crippen LogP contribution in [-0.4, -0.2) is 24.3 Å². The van der Waals surface area contributed by atoms with E-state index in [9.17, 15) is 14.4 Å². The largest absolute Gasteiger partial charge is 0.368 e. The van der Waals surface area contributed by atoms with Crippen molar-refractivity contribution in [3.63, 3.8) is 0 Å². The van der Waals surface area contributed by atoms with E-state index in [2.05, 4.69) is 10.6 Å². The van der Waals surface area contributed by atoms with Gasteiger partial charge in [0.15, 0.2) is 0 Å². The zero-order valence-corrected chi connectivity index (χ0v) is 13.3. The molecule has 2 rings (SSSR count). The average molecular weight is 325 g/mol. The molecule has 3 amide bonds. The van der Waals surface area contributed by atoms with Crippen LogP contribution in [0.25, 0.3) is 0 Å². The fraction of sp³-hybridized carbons (Fsp3) is 0.167. The fourth-order valence-corrected chi connectivity index (χ4v) is 2.15. The third-order valence-electron chi connectivity index (χ3n) is 3.48. The maximum Gasteiger partial charge on any atom is 0.251 e. The van der Waals surface area contributed by atoms with Crippen molar-refractivity contribution in [3.05, 3.63) is 70.8 Å². The molecule has 0 atom stereocenters. The first kappa shape index (κ1) is 17.2. The van der Waals surface area contributed by atoms with Gasteiger partial charge in [-0.15, -0.1) is 0 Å². The molecule has 0 spiro atoms. The van der Waals surface area contributed by atoms with Crippen LogP contribution in [0.3, 0.4) is 0 Å². The van der Waals surface area contributed by atoms with E-state index in [1.807, 2.05) is 25.1 Å². The van der Waals surface area contributed by atoms with Gasteiger partial charge in [0, 0.05) is 17.7 Å². The van der Waals surface area contributed by atoms with Gasteiger partial charge in [0.2, 0.25) is 5.91 Å². The van der Waals surface area contributed by atoms with E-state index in [1.165, 1.54) is 0 Å². The number of amides is 3. The maximum atomic E-state index is 12.1. The summed E-state index contributed by atoms with van der Waals surface area (Å²) in [6.07, 6.45) is 0. The predicted molar refractivity (Wildman–Crippen MR) is 90.3 cm³/mol. The Labute approximate surface area is 140 Å². The molecule has 6 heteroatoms. The number of hydrogen-bond donors (Lipinski definition) is 3. The lowest BCUT2D eigenvalue weighted by atomic mass is 10.1. The fourth-order valence-electron chi connectivity index (χ4n) is 2.15. The average Bonchev–Trinajstić information content (AvgIpc) is 2.58. The molecule has 24 heavy (non-hydrogen) atoms. The van der Waals surface area contributed by atoms with Crippen molar-refractivity contribution in [2.75, 3.05) is 6.54 Å². The summed E-state index contributed by atoms with van der Waals surface area (Å²) >= 11 is 0. The standard InChI is InChI=1S/C18H19N3O3/c1-12-4-2-3-5-15(12)18(24)20-10-13-6-8-14(9-7-13)17(23)21-11-16(19)22/h2-9H,10-11H2,1H3,(H2,19,22)(H,20,24)(H,21,23). The van der Waals surface area contributed by atoms with Crippen LogP contribution < -0.4 is 16.4 Å². The third kappa shape index (κ3) is 4.67. The summed E-state index contributed by atoms with van der Waals surface area (Å²) in [4.78, 5) is 34.6. The number of nitrogens with one attached hydrogen (secondary N) is 2. The molecule has 0 radical (unpaired) electrons. The van der Waals surface area contributed by atoms with Crippen molar-refractivity contribution in [3.8, 4) is 0 Å². The van der Waals surface area contributed by atoms with Crippen LogP contribution in [-0.2, 0) is 11.3 Å². The van der Waals surface area contributed by atoms with Gasteiger partial charge in [0.25, 0.3) is 11.8 Å². The highest BCUT2D eigenvalue weighted by Crippen LogP contribution is 2.08. The summed E-state index contributed by atoms with van der Waals surface area (Å²) in [5, 5.41) is 5.26. The van der Waals surface area contributed by atoms with Gasteiger partial charge < -0.3 is 16.4 Å². The molecule has 6 nitrogen and oxygen atoms in total. The third-order valence-corrected chi connectivity index (χ3v) is 3.48. The van der Waals surface area contributed by atoms with Gasteiger partial charge in [-0.2, -0.15) is 0 Å². The molecular formula is C18H19N3O3. The van der Waals surface area contributed by atoms with Gasteiger partial charge in [0.05, 0.1) is 6.54 Å². The van der Waals surface area contributed by atoms with E-state index in [0.717, 1.165) is 11.1 Å². The van der Waals surface area contributed by atoms with E-state index in [0.29, 0.717) is 17.7 Å². The van der Waals surface area contributed by atoms with Crippen molar-refractivity contribution in [2.24, 2.45) is 5.73 Å². The number of carbonyl (C=O) groups is 3. The Morgan fingerprint density at radius 3 is 2.21 bits per heavy atom. The van der Waals surface area contributed by atoms with Crippen LogP contribution in [0.2, 0.25) is 0 Å². The molecule has 2 aromatic carbocycles. The molecule has 0 aromatic heterocycles. The molecule has 0 unspecified atom stereocenters. The van der Waals surface area contributed by atoms with Crippen molar-refractivity contribution in [1.82, 2.24) is 10.6 Å². The Hall–Kier alpha value is -3.15. The van der Waals surface area contributed by atoms with E-state index in [1.54, 1.807) is 30.3 Å². The lowest BCUT2D eigenvalue weighted by Crippen LogP contribution is -2.33. The molecule has 0 fully saturated rings. The second-order valence-corrected chi connectivity index (χ2v) is 5.34. The molecule has 4 N–H and O–H groups in total. The van der Waals surface area contributed by atoms with E-state index >= 15 is 0 Å². The SMILES string of the molecule is Cc1ccccc1C(=O)NCc1ccc(C(=O)NCC(N)=O)cc1. The molecule has 0 aliphatic carbocycles. The van der Waals surface area contributed by atoms with Gasteiger partial charge in [0.1, 0.15) is 0 Å². The molecule has 124 valence electrons. The van der Waals surface area contributed by atoms with E-state index in [4.69, 9.17) is 5.73 Å². The number of nitrogens with two attached hydrogens (primary N) is 1. The maximum absolute atomic E-state index is 12.1. The Kier molecular flexibility index (Phi) is 5.68. The summed E-state index contributed by atoms with van der Waals surface area (Å²) in [6.45, 7) is 2.04. The zero-order valence-electron chi connectivity index (χ0n) is 13.3. The molecule has 0 bridgehead atoms. The highest BCUT2D eigenvalue weighted by atomic mass is 16.2. The van der Waals surface area contributed by atoms with Crippen LogP contribution in [0.15, 0.2) is 48.5 Å². The molecule has 0 heterocycles. The Bertz CT molecular complexity index is 754. The number of carbonyl (C=O) groups excluding carboxylic acids is 3. The molecule has 0 aliphatic heterocycles. The second kappa shape index (κ2) is 7.92. The van der Waals surface area contributed by atoms with Crippen molar-refractivity contribution < 1.29 is 14.4 Å². The topological polar surface area (TPSA) is 101 Å². The van der Waals surface area contributed by atoms with Gasteiger partial charge in [-0.25, -0.2) is 0 Å².